The first-order valence-electron chi connectivity index (χ1n) is 10.1. The van der Waals surface area contributed by atoms with Crippen LogP contribution in [0, 0.1) is 6.92 Å². The number of alkyl halides is 1. The van der Waals surface area contributed by atoms with E-state index < -0.39 is 6.17 Å². The van der Waals surface area contributed by atoms with Crippen molar-refractivity contribution in [2.24, 2.45) is 0 Å². The van der Waals surface area contributed by atoms with Gasteiger partial charge in [0.25, 0.3) is 5.91 Å². The van der Waals surface area contributed by atoms with Gasteiger partial charge in [0.15, 0.2) is 0 Å². The second-order valence-electron chi connectivity index (χ2n) is 6.74. The smallest absolute Gasteiger partial charge is 0.253 e. The number of piperidine rings is 1. The zero-order chi connectivity index (χ0) is 21.4. The minimum absolute atomic E-state index is 0.100. The third kappa shape index (κ3) is 5.37. The van der Waals surface area contributed by atoms with E-state index in [0.717, 1.165) is 28.1 Å². The molecule has 156 valence electrons. The number of aromatic amines is 1. The molecule has 0 saturated carbocycles. The van der Waals surface area contributed by atoms with Crippen LogP contribution in [-0.2, 0) is 4.79 Å². The monoisotopic (exact) mass is 398 g/mol. The van der Waals surface area contributed by atoms with Crippen LogP contribution in [0.15, 0.2) is 48.7 Å². The van der Waals surface area contributed by atoms with Crippen LogP contribution < -0.4 is 4.74 Å². The topological polar surface area (TPSA) is 45.3 Å². The molecule has 0 bridgehead atoms. The molecule has 29 heavy (non-hydrogen) atoms. The van der Waals surface area contributed by atoms with Crippen molar-refractivity contribution in [3.8, 4) is 16.9 Å². The van der Waals surface area contributed by atoms with E-state index in [2.05, 4.69) is 11.6 Å². The Morgan fingerprint density at radius 2 is 1.86 bits per heavy atom. The molecule has 5 heteroatoms. The van der Waals surface area contributed by atoms with Crippen molar-refractivity contribution in [3.05, 3.63) is 59.9 Å². The molecule has 0 radical (unpaired) electrons. The number of amides is 1. The lowest BCUT2D eigenvalue weighted by molar-refractivity contribution is -0.128. The Morgan fingerprint density at radius 1 is 1.24 bits per heavy atom. The zero-order valence-corrected chi connectivity index (χ0v) is 17.8. The number of benzene rings is 1. The van der Waals surface area contributed by atoms with Gasteiger partial charge in [0, 0.05) is 36.1 Å². The van der Waals surface area contributed by atoms with Gasteiger partial charge in [0.1, 0.15) is 11.9 Å². The lowest BCUT2D eigenvalue weighted by Crippen LogP contribution is -2.39. The van der Waals surface area contributed by atoms with Crippen LogP contribution in [0.1, 0.15) is 37.9 Å². The number of carbonyl (C=O) groups excluding carboxylic acids is 1. The summed E-state index contributed by atoms with van der Waals surface area (Å²) >= 11 is 0. The number of H-pyrrole nitrogens is 1. The number of nitrogens with zero attached hydrogens (tertiary/aromatic N) is 1. The summed E-state index contributed by atoms with van der Waals surface area (Å²) in [4.78, 5) is 17.7. The van der Waals surface area contributed by atoms with Crippen molar-refractivity contribution in [2.45, 2.75) is 39.8 Å². The fourth-order valence-electron chi connectivity index (χ4n) is 3.33. The van der Waals surface area contributed by atoms with E-state index in [9.17, 15) is 9.18 Å². The third-order valence-electron chi connectivity index (χ3n) is 5.06. The number of rotatable bonds is 5. The molecule has 1 amide bonds. The average molecular weight is 399 g/mol. The Labute approximate surface area is 173 Å². The zero-order valence-electron chi connectivity index (χ0n) is 17.8. The number of ether oxygens (including phenoxy) is 1. The van der Waals surface area contributed by atoms with Gasteiger partial charge in [-0.2, -0.15) is 0 Å². The summed E-state index contributed by atoms with van der Waals surface area (Å²) in [6.45, 7) is 10.7. The number of halogens is 1. The Morgan fingerprint density at radius 3 is 2.41 bits per heavy atom. The summed E-state index contributed by atoms with van der Waals surface area (Å²) in [5, 5.41) is 0. The molecule has 0 aliphatic carbocycles. The van der Waals surface area contributed by atoms with E-state index in [1.54, 1.807) is 18.1 Å². The van der Waals surface area contributed by atoms with Crippen molar-refractivity contribution >= 4 is 12.0 Å². The number of nitrogens with one attached hydrogen (secondary N) is 1. The van der Waals surface area contributed by atoms with E-state index in [4.69, 9.17) is 4.74 Å². The lowest BCUT2D eigenvalue weighted by Gasteiger charge is -2.29. The quantitative estimate of drug-likeness (QED) is 0.530. The van der Waals surface area contributed by atoms with Crippen molar-refractivity contribution in [3.63, 3.8) is 0 Å². The molecule has 1 N–H and O–H groups in total. The molecule has 0 atom stereocenters. The predicted octanol–water partition coefficient (Wildman–Crippen LogP) is 5.55. The maximum Gasteiger partial charge on any atom is 0.253 e. The molecule has 1 aromatic carbocycles. The molecular weight excluding hydrogens is 367 g/mol. The van der Waals surface area contributed by atoms with Gasteiger partial charge >= 0.3 is 0 Å². The largest absolute Gasteiger partial charge is 0.497 e. The Kier molecular flexibility index (Phi) is 8.25. The number of likely N-dealkylation sites (tertiary alicyclic amines) is 1. The van der Waals surface area contributed by atoms with Crippen molar-refractivity contribution < 1.29 is 13.9 Å². The summed E-state index contributed by atoms with van der Waals surface area (Å²) in [7, 11) is 1.64. The second kappa shape index (κ2) is 10.6. The minimum atomic E-state index is -0.803. The highest BCUT2D eigenvalue weighted by Crippen LogP contribution is 2.28. The Bertz CT molecular complexity index is 844. The fourth-order valence-corrected chi connectivity index (χ4v) is 3.33. The average Bonchev–Trinajstić information content (AvgIpc) is 3.13. The molecule has 0 spiro atoms. The van der Waals surface area contributed by atoms with Crippen LogP contribution in [-0.4, -0.2) is 42.2 Å². The molecule has 1 saturated heterocycles. The summed E-state index contributed by atoms with van der Waals surface area (Å²) < 4.78 is 18.5. The van der Waals surface area contributed by atoms with Gasteiger partial charge in [-0.25, -0.2) is 4.39 Å². The first-order valence-corrected chi connectivity index (χ1v) is 10.1. The van der Waals surface area contributed by atoms with E-state index in [1.165, 1.54) is 0 Å². The highest BCUT2D eigenvalue weighted by atomic mass is 19.1. The van der Waals surface area contributed by atoms with Gasteiger partial charge in [-0.15, -0.1) is 0 Å². The third-order valence-corrected chi connectivity index (χ3v) is 5.06. The predicted molar refractivity (Wildman–Crippen MR) is 118 cm³/mol. The van der Waals surface area contributed by atoms with Gasteiger partial charge < -0.3 is 14.6 Å². The maximum absolute atomic E-state index is 13.3. The summed E-state index contributed by atoms with van der Waals surface area (Å²) in [6.07, 6.45) is 5.32. The number of hydrogen-bond donors (Lipinski definition) is 1. The van der Waals surface area contributed by atoms with Crippen LogP contribution in [0.5, 0.6) is 5.75 Å². The van der Waals surface area contributed by atoms with Gasteiger partial charge in [-0.3, -0.25) is 4.79 Å². The number of methoxy groups -OCH3 is 1. The molecule has 4 nitrogen and oxygen atoms in total. The highest BCUT2D eigenvalue weighted by molar-refractivity contribution is 6.00. The molecule has 0 unspecified atom stereocenters. The normalized spacial score (nSPS) is 14.8. The summed E-state index contributed by atoms with van der Waals surface area (Å²) in [6, 6.07) is 7.85. The fraction of sp³-hybridized carbons (Fsp3) is 0.375. The molecule has 2 aromatic rings. The van der Waals surface area contributed by atoms with Gasteiger partial charge in [0.05, 0.1) is 7.11 Å². The standard InChI is InChI=1S/C22H25FN2O2.C2H6/c1-4-16(22(26)25-11-9-18(23)10-12-25)13-21-15(2)20(14-24-21)17-5-7-19(27-3)8-6-17;1-2/h4-8,13-14,18,24H,1,9-12H2,2-3H3;1-2H3/b16-13+;. The van der Waals surface area contributed by atoms with Crippen molar-refractivity contribution in [1.29, 1.82) is 0 Å². The van der Waals surface area contributed by atoms with Gasteiger partial charge in [0.2, 0.25) is 0 Å². The number of carbonyl (C=O) groups is 1. The second-order valence-corrected chi connectivity index (χ2v) is 6.74. The van der Waals surface area contributed by atoms with Crippen molar-refractivity contribution in [2.75, 3.05) is 20.2 Å². The Balaban J connectivity index is 0.00000145. The first kappa shape index (κ1) is 22.5. The highest BCUT2D eigenvalue weighted by Gasteiger charge is 2.23. The van der Waals surface area contributed by atoms with Gasteiger partial charge in [-0.1, -0.05) is 38.6 Å². The van der Waals surface area contributed by atoms with Crippen LogP contribution in [0.4, 0.5) is 4.39 Å². The minimum Gasteiger partial charge on any atom is -0.497 e. The molecule has 1 aliphatic rings. The van der Waals surface area contributed by atoms with Gasteiger partial charge in [-0.05, 0) is 49.1 Å². The lowest BCUT2D eigenvalue weighted by atomic mass is 10.0. The molecule has 1 aliphatic heterocycles. The molecule has 1 fully saturated rings. The van der Waals surface area contributed by atoms with Crippen LogP contribution in [0.2, 0.25) is 0 Å². The molecule has 2 heterocycles. The molecule has 3 rings (SSSR count). The van der Waals surface area contributed by atoms with Crippen LogP contribution in [0.3, 0.4) is 0 Å². The number of aromatic nitrogens is 1. The summed E-state index contributed by atoms with van der Waals surface area (Å²) in [5.74, 6) is 0.709. The molecular formula is C24H31FN2O2. The first-order chi connectivity index (χ1) is 14.0. The van der Waals surface area contributed by atoms with Crippen LogP contribution >= 0.6 is 0 Å². The molecule has 1 aromatic heterocycles. The SMILES string of the molecule is C=C/C(=C\c1[nH]cc(-c2ccc(OC)cc2)c1C)C(=O)N1CCC(F)CC1.CC. The van der Waals surface area contributed by atoms with Crippen molar-refractivity contribution in [1.82, 2.24) is 9.88 Å². The Hall–Kier alpha value is -2.82. The van der Waals surface area contributed by atoms with E-state index in [0.29, 0.717) is 31.5 Å². The number of hydrogen-bond acceptors (Lipinski definition) is 2. The van der Waals surface area contributed by atoms with E-state index in [1.807, 2.05) is 57.3 Å². The van der Waals surface area contributed by atoms with E-state index >= 15 is 0 Å². The van der Waals surface area contributed by atoms with Crippen LogP contribution in [0.25, 0.3) is 17.2 Å². The van der Waals surface area contributed by atoms with E-state index in [-0.39, 0.29) is 5.91 Å². The summed E-state index contributed by atoms with van der Waals surface area (Å²) in [5.41, 5.74) is 4.57. The maximum atomic E-state index is 13.3.